The van der Waals surface area contributed by atoms with Crippen molar-refractivity contribution in [1.82, 2.24) is 9.97 Å². The number of nitrogens with zero attached hydrogens (tertiary/aromatic N) is 3. The van der Waals surface area contributed by atoms with Crippen LogP contribution in [0.5, 0.6) is 0 Å². The van der Waals surface area contributed by atoms with E-state index in [9.17, 15) is 0 Å². The van der Waals surface area contributed by atoms with Crippen LogP contribution in [0.2, 0.25) is 0 Å². The number of H-pyrrole nitrogens is 1. The van der Waals surface area contributed by atoms with Crippen molar-refractivity contribution in [2.45, 2.75) is 26.2 Å². The van der Waals surface area contributed by atoms with E-state index in [4.69, 9.17) is 10.00 Å². The lowest BCUT2D eigenvalue weighted by Gasteiger charge is -2.02. The fraction of sp³-hybridized carbons (Fsp3) is 0.500. The molecule has 0 aliphatic heterocycles. The number of hydrogen-bond acceptors (Lipinski definition) is 4. The van der Waals surface area contributed by atoms with Crippen molar-refractivity contribution in [2.24, 2.45) is 4.99 Å². The van der Waals surface area contributed by atoms with Gasteiger partial charge >= 0.3 is 0 Å². The molecule has 15 heavy (non-hydrogen) atoms. The van der Waals surface area contributed by atoms with Gasteiger partial charge in [-0.25, -0.2) is 4.98 Å². The molecule has 0 aromatic carbocycles. The highest BCUT2D eigenvalue weighted by atomic mass is 16.5. The van der Waals surface area contributed by atoms with E-state index in [1.54, 1.807) is 7.11 Å². The maximum atomic E-state index is 8.74. The Hall–Kier alpha value is -1.83. The van der Waals surface area contributed by atoms with Crippen LogP contribution < -0.4 is 0 Å². The highest BCUT2D eigenvalue weighted by Crippen LogP contribution is 2.13. The molecule has 1 rings (SSSR count). The third-order valence-corrected chi connectivity index (χ3v) is 1.94. The van der Waals surface area contributed by atoms with E-state index in [0.717, 1.165) is 19.3 Å². The summed E-state index contributed by atoms with van der Waals surface area (Å²) in [5, 5.41) is 8.74. The first-order valence-corrected chi connectivity index (χ1v) is 4.86. The highest BCUT2D eigenvalue weighted by molar-refractivity contribution is 5.79. The molecule has 1 aromatic rings. The van der Waals surface area contributed by atoms with Crippen molar-refractivity contribution in [3.8, 4) is 6.07 Å². The molecule has 0 saturated carbocycles. The maximum Gasteiger partial charge on any atom is 0.191 e. The van der Waals surface area contributed by atoms with Gasteiger partial charge in [-0.05, 0) is 6.42 Å². The topological polar surface area (TPSA) is 74.1 Å². The zero-order valence-electron chi connectivity index (χ0n) is 8.95. The second-order valence-electron chi connectivity index (χ2n) is 3.03. The van der Waals surface area contributed by atoms with Gasteiger partial charge in [0.15, 0.2) is 17.4 Å². The normalized spacial score (nSPS) is 11.1. The van der Waals surface area contributed by atoms with Crippen LogP contribution in [0.1, 0.15) is 31.9 Å². The van der Waals surface area contributed by atoms with Crippen LogP contribution in [-0.2, 0) is 4.74 Å². The number of imidazole rings is 1. The minimum absolute atomic E-state index is 0.362. The molecule has 0 aliphatic rings. The van der Waals surface area contributed by atoms with Gasteiger partial charge in [-0.1, -0.05) is 13.3 Å². The minimum Gasteiger partial charge on any atom is -0.484 e. The van der Waals surface area contributed by atoms with Crippen LogP contribution in [0.3, 0.4) is 0 Å². The third-order valence-electron chi connectivity index (χ3n) is 1.94. The first-order valence-electron chi connectivity index (χ1n) is 4.86. The molecule has 0 amide bonds. The maximum absolute atomic E-state index is 8.74. The molecule has 1 N–H and O–H groups in total. The summed E-state index contributed by atoms with van der Waals surface area (Å²) >= 11 is 0. The predicted molar refractivity (Wildman–Crippen MR) is 56.9 cm³/mol. The average molecular weight is 206 g/mol. The Morgan fingerprint density at radius 1 is 1.73 bits per heavy atom. The van der Waals surface area contributed by atoms with Crippen molar-refractivity contribution < 1.29 is 4.74 Å². The third kappa shape index (κ3) is 3.09. The zero-order valence-corrected chi connectivity index (χ0v) is 8.95. The highest BCUT2D eigenvalue weighted by Gasteiger charge is 2.05. The summed E-state index contributed by atoms with van der Waals surface area (Å²) in [5.41, 5.74) is 0.362. The van der Waals surface area contributed by atoms with Gasteiger partial charge in [-0.3, -0.25) is 0 Å². The van der Waals surface area contributed by atoms with Crippen LogP contribution in [0, 0.1) is 11.3 Å². The van der Waals surface area contributed by atoms with Crippen molar-refractivity contribution in [3.63, 3.8) is 0 Å². The number of nitriles is 1. The van der Waals surface area contributed by atoms with E-state index < -0.39 is 0 Å². The van der Waals surface area contributed by atoms with Gasteiger partial charge in [0.1, 0.15) is 6.07 Å². The molecule has 5 heteroatoms. The lowest BCUT2D eigenvalue weighted by Crippen LogP contribution is -2.00. The van der Waals surface area contributed by atoms with Crippen molar-refractivity contribution >= 4 is 11.7 Å². The summed E-state index contributed by atoms with van der Waals surface area (Å²) in [6, 6.07) is 1.98. The van der Waals surface area contributed by atoms with E-state index in [1.807, 2.05) is 6.07 Å². The van der Waals surface area contributed by atoms with Gasteiger partial charge in [0, 0.05) is 6.42 Å². The summed E-state index contributed by atoms with van der Waals surface area (Å²) in [6.45, 7) is 2.10. The minimum atomic E-state index is 0.362. The second kappa shape index (κ2) is 5.81. The number of unbranched alkanes of at least 4 members (excludes halogenated alkanes) is 1. The van der Waals surface area contributed by atoms with Crippen LogP contribution in [0.15, 0.2) is 11.3 Å². The van der Waals surface area contributed by atoms with Crippen LogP contribution in [0.25, 0.3) is 0 Å². The molecular formula is C10H14N4O. The van der Waals surface area contributed by atoms with Crippen LogP contribution in [-0.4, -0.2) is 23.0 Å². The Labute approximate surface area is 88.8 Å². The largest absolute Gasteiger partial charge is 0.484 e. The first kappa shape index (κ1) is 11.2. The van der Waals surface area contributed by atoms with Gasteiger partial charge in [0.05, 0.1) is 13.4 Å². The van der Waals surface area contributed by atoms with Gasteiger partial charge in [0.2, 0.25) is 0 Å². The van der Waals surface area contributed by atoms with E-state index in [0.29, 0.717) is 17.4 Å². The van der Waals surface area contributed by atoms with E-state index in [2.05, 4.69) is 21.9 Å². The van der Waals surface area contributed by atoms with E-state index >= 15 is 0 Å². The molecule has 0 aliphatic carbocycles. The second-order valence-corrected chi connectivity index (χ2v) is 3.03. The average Bonchev–Trinajstić information content (AvgIpc) is 2.71. The van der Waals surface area contributed by atoms with Crippen LogP contribution >= 0.6 is 0 Å². The van der Waals surface area contributed by atoms with Crippen molar-refractivity contribution in [2.75, 3.05) is 7.11 Å². The van der Waals surface area contributed by atoms with Crippen molar-refractivity contribution in [1.29, 1.82) is 5.26 Å². The van der Waals surface area contributed by atoms with Crippen molar-refractivity contribution in [3.05, 3.63) is 12.0 Å². The SMILES string of the molecule is CCCCC(=Nc1nc[nH]c1C#N)OC. The number of aliphatic imine (C=N–C) groups is 1. The fourth-order valence-corrected chi connectivity index (χ4v) is 1.10. The van der Waals surface area contributed by atoms with E-state index in [-0.39, 0.29) is 0 Å². The molecule has 0 spiro atoms. The predicted octanol–water partition coefficient (Wildman–Crippen LogP) is 2.15. The molecule has 0 saturated heterocycles. The molecular weight excluding hydrogens is 192 g/mol. The zero-order chi connectivity index (χ0) is 11.1. The Kier molecular flexibility index (Phi) is 4.35. The first-order chi connectivity index (χ1) is 7.31. The lowest BCUT2D eigenvalue weighted by atomic mass is 10.2. The molecule has 0 fully saturated rings. The van der Waals surface area contributed by atoms with E-state index in [1.165, 1.54) is 6.33 Å². The molecule has 80 valence electrons. The molecule has 0 unspecified atom stereocenters. The lowest BCUT2D eigenvalue weighted by molar-refractivity contribution is 0.388. The molecule has 0 bridgehead atoms. The van der Waals surface area contributed by atoms with Gasteiger partial charge in [-0.15, -0.1) is 0 Å². The molecule has 1 heterocycles. The molecule has 0 atom stereocenters. The number of ether oxygens (including phenoxy) is 1. The number of rotatable bonds is 4. The van der Waals surface area contributed by atoms with Gasteiger partial charge in [0.25, 0.3) is 0 Å². The number of hydrogen-bond donors (Lipinski definition) is 1. The molecule has 1 aromatic heterocycles. The van der Waals surface area contributed by atoms with Gasteiger partial charge in [-0.2, -0.15) is 10.3 Å². The van der Waals surface area contributed by atoms with Gasteiger partial charge < -0.3 is 9.72 Å². The Morgan fingerprint density at radius 2 is 2.53 bits per heavy atom. The standard InChI is InChI=1S/C10H14N4O/c1-3-4-5-9(15-2)14-10-8(6-11)12-7-13-10/h7H,3-5H2,1-2H3,(H,12,13). The summed E-state index contributed by atoms with van der Waals surface area (Å²) < 4.78 is 5.11. The monoisotopic (exact) mass is 206 g/mol. The quantitative estimate of drug-likeness (QED) is 0.605. The summed E-state index contributed by atoms with van der Waals surface area (Å²) in [7, 11) is 1.58. The Bertz CT molecular complexity index is 375. The number of aromatic amines is 1. The fourth-order valence-electron chi connectivity index (χ4n) is 1.10. The number of nitrogens with one attached hydrogen (secondary N) is 1. The molecule has 0 radical (unpaired) electrons. The molecule has 5 nitrogen and oxygen atoms in total. The summed E-state index contributed by atoms with van der Waals surface area (Å²) in [4.78, 5) is 10.8. The van der Waals surface area contributed by atoms with Crippen LogP contribution in [0.4, 0.5) is 5.82 Å². The summed E-state index contributed by atoms with van der Waals surface area (Å²) in [5.74, 6) is 1.01. The summed E-state index contributed by atoms with van der Waals surface area (Å²) in [6.07, 6.45) is 4.31. The number of methoxy groups -OCH3 is 1. The Morgan fingerprint density at radius 3 is 3.13 bits per heavy atom. The number of aromatic nitrogens is 2. The Balaban J connectivity index is 2.79. The smallest absolute Gasteiger partial charge is 0.191 e.